The smallest absolute Gasteiger partial charge is 0.185 e. The highest BCUT2D eigenvalue weighted by Crippen LogP contribution is 2.33. The Morgan fingerprint density at radius 3 is 2.50 bits per heavy atom. The summed E-state index contributed by atoms with van der Waals surface area (Å²) in [6, 6.07) is 6.85. The van der Waals surface area contributed by atoms with Crippen molar-refractivity contribution in [2.45, 2.75) is 33.1 Å². The molecular weight excluding hydrogens is 294 g/mol. The van der Waals surface area contributed by atoms with Gasteiger partial charge in [-0.25, -0.2) is 0 Å². The Morgan fingerprint density at radius 1 is 1.33 bits per heavy atom. The van der Waals surface area contributed by atoms with E-state index >= 15 is 0 Å². The third kappa shape index (κ3) is 2.87. The first kappa shape index (κ1) is 13.8. The standard InChI is InChI=1S/C14H20BrNO2/c1-4-16(10(2)3)11-5-6-12(13(15)9-11)14-17-7-8-18-14/h5-6,9-10,14H,4,7-8H2,1-3H3. The van der Waals surface area contributed by atoms with Gasteiger partial charge in [-0.3, -0.25) is 0 Å². The molecule has 0 atom stereocenters. The zero-order chi connectivity index (χ0) is 13.1. The van der Waals surface area contributed by atoms with Crippen LogP contribution in [-0.2, 0) is 9.47 Å². The summed E-state index contributed by atoms with van der Waals surface area (Å²) >= 11 is 3.62. The fraction of sp³-hybridized carbons (Fsp3) is 0.571. The number of nitrogens with zero attached hydrogens (tertiary/aromatic N) is 1. The van der Waals surface area contributed by atoms with Crippen LogP contribution in [0.15, 0.2) is 22.7 Å². The van der Waals surface area contributed by atoms with Gasteiger partial charge < -0.3 is 14.4 Å². The summed E-state index contributed by atoms with van der Waals surface area (Å²) in [6.07, 6.45) is -0.220. The lowest BCUT2D eigenvalue weighted by atomic mass is 10.1. The minimum Gasteiger partial charge on any atom is -0.369 e. The van der Waals surface area contributed by atoms with Crippen molar-refractivity contribution in [3.05, 3.63) is 28.2 Å². The molecule has 0 N–H and O–H groups in total. The molecule has 18 heavy (non-hydrogen) atoms. The van der Waals surface area contributed by atoms with Gasteiger partial charge in [-0.05, 0) is 32.9 Å². The lowest BCUT2D eigenvalue weighted by molar-refractivity contribution is -0.0446. The highest BCUT2D eigenvalue weighted by atomic mass is 79.9. The van der Waals surface area contributed by atoms with Crippen LogP contribution in [0.5, 0.6) is 0 Å². The van der Waals surface area contributed by atoms with Crippen LogP contribution in [0.25, 0.3) is 0 Å². The predicted molar refractivity (Wildman–Crippen MR) is 76.9 cm³/mol. The molecule has 0 aromatic heterocycles. The minimum absolute atomic E-state index is 0.220. The molecule has 3 nitrogen and oxygen atoms in total. The molecule has 1 saturated heterocycles. The van der Waals surface area contributed by atoms with Crippen molar-refractivity contribution in [3.8, 4) is 0 Å². The summed E-state index contributed by atoms with van der Waals surface area (Å²) in [4.78, 5) is 2.35. The molecule has 4 heteroatoms. The second-order valence-corrected chi connectivity index (χ2v) is 5.51. The first-order valence-corrected chi connectivity index (χ1v) is 7.22. The zero-order valence-corrected chi connectivity index (χ0v) is 12.7. The van der Waals surface area contributed by atoms with Gasteiger partial charge in [0, 0.05) is 28.3 Å². The van der Waals surface area contributed by atoms with Crippen LogP contribution in [0, 0.1) is 0 Å². The van der Waals surface area contributed by atoms with E-state index in [1.807, 2.05) is 0 Å². The molecule has 100 valence electrons. The van der Waals surface area contributed by atoms with Crippen molar-refractivity contribution >= 4 is 21.6 Å². The topological polar surface area (TPSA) is 21.7 Å². The lowest BCUT2D eigenvalue weighted by Gasteiger charge is -2.28. The average molecular weight is 314 g/mol. The molecule has 0 aliphatic carbocycles. The molecule has 1 aliphatic rings. The summed E-state index contributed by atoms with van der Waals surface area (Å²) in [5.41, 5.74) is 2.29. The Morgan fingerprint density at radius 2 is 2.00 bits per heavy atom. The zero-order valence-electron chi connectivity index (χ0n) is 11.1. The van der Waals surface area contributed by atoms with Crippen molar-refractivity contribution in [1.82, 2.24) is 0 Å². The van der Waals surface area contributed by atoms with E-state index in [2.05, 4.69) is 59.8 Å². The summed E-state index contributed by atoms with van der Waals surface area (Å²) in [5.74, 6) is 0. The van der Waals surface area contributed by atoms with E-state index in [4.69, 9.17) is 9.47 Å². The van der Waals surface area contributed by atoms with Crippen LogP contribution < -0.4 is 4.90 Å². The summed E-state index contributed by atoms with van der Waals surface area (Å²) < 4.78 is 12.1. The lowest BCUT2D eigenvalue weighted by Crippen LogP contribution is -2.30. The van der Waals surface area contributed by atoms with Crippen molar-refractivity contribution < 1.29 is 9.47 Å². The van der Waals surface area contributed by atoms with Crippen molar-refractivity contribution in [3.63, 3.8) is 0 Å². The van der Waals surface area contributed by atoms with Crippen LogP contribution in [0.2, 0.25) is 0 Å². The van der Waals surface area contributed by atoms with Crippen molar-refractivity contribution in [1.29, 1.82) is 0 Å². The van der Waals surface area contributed by atoms with Gasteiger partial charge in [0.1, 0.15) is 0 Å². The maximum atomic E-state index is 5.53. The first-order chi connectivity index (χ1) is 8.63. The van der Waals surface area contributed by atoms with Crippen LogP contribution in [-0.4, -0.2) is 25.8 Å². The molecule has 0 unspecified atom stereocenters. The average Bonchev–Trinajstić information content (AvgIpc) is 2.83. The fourth-order valence-electron chi connectivity index (χ4n) is 2.27. The number of ether oxygens (including phenoxy) is 2. The molecule has 0 saturated carbocycles. The minimum atomic E-state index is -0.220. The predicted octanol–water partition coefficient (Wildman–Crippen LogP) is 3.73. The van der Waals surface area contributed by atoms with E-state index in [1.165, 1.54) is 5.69 Å². The Kier molecular flexibility index (Phi) is 4.65. The van der Waals surface area contributed by atoms with E-state index < -0.39 is 0 Å². The molecule has 0 amide bonds. The van der Waals surface area contributed by atoms with E-state index in [9.17, 15) is 0 Å². The molecule has 0 radical (unpaired) electrons. The maximum Gasteiger partial charge on any atom is 0.185 e. The number of hydrogen-bond donors (Lipinski definition) is 0. The molecule has 1 heterocycles. The quantitative estimate of drug-likeness (QED) is 0.845. The number of benzene rings is 1. The van der Waals surface area contributed by atoms with Gasteiger partial charge in [0.15, 0.2) is 6.29 Å². The maximum absolute atomic E-state index is 5.53. The normalized spacial score (nSPS) is 16.5. The Bertz CT molecular complexity index is 403. The number of rotatable bonds is 4. The molecule has 0 spiro atoms. The largest absolute Gasteiger partial charge is 0.369 e. The summed E-state index contributed by atoms with van der Waals surface area (Å²) in [5, 5.41) is 0. The van der Waals surface area contributed by atoms with E-state index in [0.717, 1.165) is 16.6 Å². The van der Waals surface area contributed by atoms with Gasteiger partial charge in [0.2, 0.25) is 0 Å². The van der Waals surface area contributed by atoms with Crippen LogP contribution >= 0.6 is 15.9 Å². The SMILES string of the molecule is CCN(c1ccc(C2OCCO2)c(Br)c1)C(C)C. The number of hydrogen-bond acceptors (Lipinski definition) is 3. The molecule has 1 fully saturated rings. The van der Waals surface area contributed by atoms with Crippen LogP contribution in [0.1, 0.15) is 32.6 Å². The van der Waals surface area contributed by atoms with Gasteiger partial charge >= 0.3 is 0 Å². The van der Waals surface area contributed by atoms with E-state index in [1.54, 1.807) is 0 Å². The highest BCUT2D eigenvalue weighted by molar-refractivity contribution is 9.10. The van der Waals surface area contributed by atoms with E-state index in [0.29, 0.717) is 19.3 Å². The highest BCUT2D eigenvalue weighted by Gasteiger charge is 2.21. The molecule has 1 aliphatic heterocycles. The first-order valence-electron chi connectivity index (χ1n) is 6.42. The van der Waals surface area contributed by atoms with Gasteiger partial charge in [-0.15, -0.1) is 0 Å². The molecule has 0 bridgehead atoms. The number of anilines is 1. The second-order valence-electron chi connectivity index (χ2n) is 4.66. The monoisotopic (exact) mass is 313 g/mol. The van der Waals surface area contributed by atoms with Crippen LogP contribution in [0.4, 0.5) is 5.69 Å². The van der Waals surface area contributed by atoms with Gasteiger partial charge in [0.05, 0.1) is 13.2 Å². The Balaban J connectivity index is 2.23. The van der Waals surface area contributed by atoms with Crippen LogP contribution in [0.3, 0.4) is 0 Å². The van der Waals surface area contributed by atoms with Crippen molar-refractivity contribution in [2.75, 3.05) is 24.7 Å². The van der Waals surface area contributed by atoms with Gasteiger partial charge in [0.25, 0.3) is 0 Å². The third-order valence-corrected chi connectivity index (χ3v) is 3.84. The van der Waals surface area contributed by atoms with E-state index in [-0.39, 0.29) is 6.29 Å². The third-order valence-electron chi connectivity index (χ3n) is 3.16. The van der Waals surface area contributed by atoms with Crippen molar-refractivity contribution in [2.24, 2.45) is 0 Å². The number of halogens is 1. The molecule has 1 aromatic carbocycles. The Hall–Kier alpha value is -0.580. The fourth-order valence-corrected chi connectivity index (χ4v) is 2.82. The molecule has 2 rings (SSSR count). The molecular formula is C14H20BrNO2. The Labute approximate surface area is 117 Å². The second kappa shape index (κ2) is 6.04. The molecule has 1 aromatic rings. The van der Waals surface area contributed by atoms with Gasteiger partial charge in [-0.2, -0.15) is 0 Å². The summed E-state index contributed by atoms with van der Waals surface area (Å²) in [6.45, 7) is 8.92. The van der Waals surface area contributed by atoms with Gasteiger partial charge in [-0.1, -0.05) is 22.0 Å². The summed E-state index contributed by atoms with van der Waals surface area (Å²) in [7, 11) is 0.